The number of aromatic amines is 2. The largest absolute Gasteiger partial charge is 0.391 e. The molecule has 4 rings (SSSR count). The molecule has 6 heteroatoms. The number of aliphatic hydroxyl groups excluding tert-OH is 1. The number of aliphatic hydroxyl groups is 1. The highest BCUT2D eigenvalue weighted by Gasteiger charge is 2.29. The van der Waals surface area contributed by atoms with Crippen molar-refractivity contribution >= 4 is 11.0 Å². The molecule has 1 aliphatic heterocycles. The maximum atomic E-state index is 11.8. The molecule has 1 aliphatic rings. The summed E-state index contributed by atoms with van der Waals surface area (Å²) in [6.07, 6.45) is 8.02. The van der Waals surface area contributed by atoms with Crippen LogP contribution in [0.15, 0.2) is 59.8 Å². The van der Waals surface area contributed by atoms with E-state index in [9.17, 15) is 9.90 Å². The number of likely N-dealkylation sites (tertiary alicyclic amines) is 1. The number of hydrogen-bond donors (Lipinski definition) is 3. The van der Waals surface area contributed by atoms with Gasteiger partial charge in [-0.25, -0.2) is 4.98 Å². The summed E-state index contributed by atoms with van der Waals surface area (Å²) in [6, 6.07) is 10.3. The van der Waals surface area contributed by atoms with Gasteiger partial charge in [0.2, 0.25) is 0 Å². The third-order valence-electron chi connectivity index (χ3n) is 4.93. The van der Waals surface area contributed by atoms with E-state index in [0.29, 0.717) is 24.1 Å². The molecule has 0 saturated carbocycles. The molecular weight excluding hydrogens is 328 g/mol. The Morgan fingerprint density at radius 2 is 2.08 bits per heavy atom. The summed E-state index contributed by atoms with van der Waals surface area (Å²) >= 11 is 0. The Bertz CT molecular complexity index is 961. The number of benzene rings is 1. The Hall–Kier alpha value is -2.70. The van der Waals surface area contributed by atoms with Crippen molar-refractivity contribution in [3.63, 3.8) is 0 Å². The van der Waals surface area contributed by atoms with Gasteiger partial charge in [-0.15, -0.1) is 0 Å². The second kappa shape index (κ2) is 7.27. The molecule has 0 spiro atoms. The zero-order valence-corrected chi connectivity index (χ0v) is 14.4. The molecule has 6 nitrogen and oxygen atoms in total. The molecule has 3 aromatic rings. The van der Waals surface area contributed by atoms with Crippen molar-refractivity contribution in [1.82, 2.24) is 19.9 Å². The number of rotatable bonds is 5. The van der Waals surface area contributed by atoms with Crippen LogP contribution in [-0.4, -0.2) is 44.2 Å². The highest BCUT2D eigenvalue weighted by molar-refractivity contribution is 5.77. The van der Waals surface area contributed by atoms with E-state index in [4.69, 9.17) is 0 Å². The van der Waals surface area contributed by atoms with E-state index in [1.165, 1.54) is 11.9 Å². The number of hydrogen-bond acceptors (Lipinski definition) is 4. The second-order valence-electron chi connectivity index (χ2n) is 6.81. The van der Waals surface area contributed by atoms with Crippen LogP contribution < -0.4 is 5.56 Å². The predicted octanol–water partition coefficient (Wildman–Crippen LogP) is 1.84. The van der Waals surface area contributed by atoms with Crippen LogP contribution in [-0.2, 0) is 13.0 Å². The first kappa shape index (κ1) is 16.8. The first-order chi connectivity index (χ1) is 12.7. The van der Waals surface area contributed by atoms with Crippen molar-refractivity contribution in [1.29, 1.82) is 0 Å². The van der Waals surface area contributed by atoms with Crippen LogP contribution >= 0.6 is 0 Å². The number of aromatic nitrogens is 3. The van der Waals surface area contributed by atoms with E-state index in [-0.39, 0.29) is 17.6 Å². The minimum Gasteiger partial charge on any atom is -0.391 e. The van der Waals surface area contributed by atoms with Crippen LogP contribution in [0.1, 0.15) is 11.1 Å². The highest BCUT2D eigenvalue weighted by atomic mass is 16.3. The summed E-state index contributed by atoms with van der Waals surface area (Å²) in [5, 5.41) is 10.4. The summed E-state index contributed by atoms with van der Waals surface area (Å²) in [5.41, 5.74) is 3.28. The van der Waals surface area contributed by atoms with Crippen molar-refractivity contribution in [2.24, 2.45) is 5.92 Å². The van der Waals surface area contributed by atoms with Crippen LogP contribution in [0.5, 0.6) is 0 Å². The molecular formula is C20H22N4O2. The van der Waals surface area contributed by atoms with Gasteiger partial charge in [-0.2, -0.15) is 0 Å². The van der Waals surface area contributed by atoms with Gasteiger partial charge in [0.1, 0.15) is 5.52 Å². The molecule has 134 valence electrons. The van der Waals surface area contributed by atoms with E-state index in [2.05, 4.69) is 44.1 Å². The smallest absolute Gasteiger partial charge is 0.275 e. The van der Waals surface area contributed by atoms with Gasteiger partial charge in [0.15, 0.2) is 0 Å². The fourth-order valence-electron chi connectivity index (χ4n) is 3.57. The van der Waals surface area contributed by atoms with Crippen molar-refractivity contribution < 1.29 is 5.11 Å². The number of H-pyrrole nitrogens is 2. The van der Waals surface area contributed by atoms with Crippen LogP contribution in [0.3, 0.4) is 0 Å². The van der Waals surface area contributed by atoms with Crippen molar-refractivity contribution in [2.45, 2.75) is 19.1 Å². The molecule has 1 fully saturated rings. The highest BCUT2D eigenvalue weighted by Crippen LogP contribution is 2.22. The SMILES string of the molecule is O=c1[nH]cnc2c(CN3CC(O)C(C=CCc4ccccc4)C3)c[nH]c12. The van der Waals surface area contributed by atoms with E-state index >= 15 is 0 Å². The average Bonchev–Trinajstić information content (AvgIpc) is 3.21. The van der Waals surface area contributed by atoms with Gasteiger partial charge in [-0.1, -0.05) is 42.5 Å². The first-order valence-electron chi connectivity index (χ1n) is 8.85. The first-order valence-corrected chi connectivity index (χ1v) is 8.85. The molecule has 1 saturated heterocycles. The Morgan fingerprint density at radius 3 is 2.92 bits per heavy atom. The molecule has 0 bridgehead atoms. The standard InChI is InChI=1S/C20H22N4O2/c25-17-12-24(10-15(17)8-4-7-14-5-2-1-3-6-14)11-16-9-21-19-18(16)22-13-23-20(19)26/h1-6,8-9,13,15,17,21,25H,7,10-12H2,(H,22,23,26). The van der Waals surface area contributed by atoms with Gasteiger partial charge < -0.3 is 15.1 Å². The van der Waals surface area contributed by atoms with Gasteiger partial charge in [0, 0.05) is 37.3 Å². The van der Waals surface area contributed by atoms with Crippen LogP contribution in [0, 0.1) is 5.92 Å². The fraction of sp³-hybridized carbons (Fsp3) is 0.300. The zero-order chi connectivity index (χ0) is 17.9. The van der Waals surface area contributed by atoms with E-state index in [1.807, 2.05) is 24.4 Å². The minimum absolute atomic E-state index is 0.125. The van der Waals surface area contributed by atoms with Crippen molar-refractivity contribution in [2.75, 3.05) is 13.1 Å². The van der Waals surface area contributed by atoms with Crippen LogP contribution in [0.25, 0.3) is 11.0 Å². The average molecular weight is 350 g/mol. The summed E-state index contributed by atoms with van der Waals surface area (Å²) in [7, 11) is 0. The summed E-state index contributed by atoms with van der Waals surface area (Å²) < 4.78 is 0. The predicted molar refractivity (Wildman–Crippen MR) is 101 cm³/mol. The molecule has 2 aromatic heterocycles. The third kappa shape index (κ3) is 3.47. The number of allylic oxidation sites excluding steroid dienone is 1. The quantitative estimate of drug-likeness (QED) is 0.613. The summed E-state index contributed by atoms with van der Waals surface area (Å²) in [5.74, 6) is 0.125. The molecule has 3 N–H and O–H groups in total. The number of nitrogens with zero attached hydrogens (tertiary/aromatic N) is 2. The van der Waals surface area contributed by atoms with Crippen molar-refractivity contribution in [3.05, 3.63) is 76.5 Å². The van der Waals surface area contributed by atoms with Crippen LogP contribution in [0.4, 0.5) is 0 Å². The molecule has 2 unspecified atom stereocenters. The Labute approximate surface area is 151 Å². The topological polar surface area (TPSA) is 85.0 Å². The van der Waals surface area contributed by atoms with Gasteiger partial charge in [-0.05, 0) is 12.0 Å². The second-order valence-corrected chi connectivity index (χ2v) is 6.81. The molecule has 0 radical (unpaired) electrons. The Kier molecular flexibility index (Phi) is 4.69. The number of nitrogens with one attached hydrogen (secondary N) is 2. The molecule has 0 aliphatic carbocycles. The van der Waals surface area contributed by atoms with E-state index in [1.54, 1.807) is 0 Å². The van der Waals surface area contributed by atoms with E-state index in [0.717, 1.165) is 18.5 Å². The molecule has 0 amide bonds. The van der Waals surface area contributed by atoms with E-state index < -0.39 is 0 Å². The molecule has 26 heavy (non-hydrogen) atoms. The van der Waals surface area contributed by atoms with Gasteiger partial charge in [0.25, 0.3) is 5.56 Å². The summed E-state index contributed by atoms with van der Waals surface area (Å²) in [4.78, 5) is 23.8. The normalized spacial score (nSPS) is 21.1. The maximum absolute atomic E-state index is 11.8. The lowest BCUT2D eigenvalue weighted by Crippen LogP contribution is -2.21. The summed E-state index contributed by atoms with van der Waals surface area (Å²) in [6.45, 7) is 2.08. The lowest BCUT2D eigenvalue weighted by atomic mass is 10.0. The molecule has 2 atom stereocenters. The number of β-amino-alcohol motifs (C(OH)–C–C–N with tert-alkyl or cyclic N) is 1. The Balaban J connectivity index is 1.40. The minimum atomic E-state index is -0.372. The van der Waals surface area contributed by atoms with Gasteiger partial charge in [0.05, 0.1) is 17.9 Å². The van der Waals surface area contributed by atoms with Crippen molar-refractivity contribution in [3.8, 4) is 0 Å². The number of fused-ring (bicyclic) bond motifs is 1. The zero-order valence-electron chi connectivity index (χ0n) is 14.4. The van der Waals surface area contributed by atoms with Gasteiger partial charge in [-0.3, -0.25) is 9.69 Å². The lowest BCUT2D eigenvalue weighted by Gasteiger charge is -2.13. The maximum Gasteiger partial charge on any atom is 0.275 e. The fourth-order valence-corrected chi connectivity index (χ4v) is 3.57. The van der Waals surface area contributed by atoms with Gasteiger partial charge >= 0.3 is 0 Å². The van der Waals surface area contributed by atoms with Crippen LogP contribution in [0.2, 0.25) is 0 Å². The monoisotopic (exact) mass is 350 g/mol. The lowest BCUT2D eigenvalue weighted by molar-refractivity contribution is 0.156. The molecule has 1 aromatic carbocycles. The molecule has 3 heterocycles. The third-order valence-corrected chi connectivity index (χ3v) is 4.93. The Morgan fingerprint density at radius 1 is 1.23 bits per heavy atom.